The van der Waals surface area contributed by atoms with Gasteiger partial charge in [0.15, 0.2) is 0 Å². The molecule has 0 saturated heterocycles. The lowest BCUT2D eigenvalue weighted by atomic mass is 9.72. The predicted octanol–water partition coefficient (Wildman–Crippen LogP) is 7.87. The lowest BCUT2D eigenvalue weighted by molar-refractivity contribution is 0.0570. The van der Waals surface area contributed by atoms with Gasteiger partial charge in [0.1, 0.15) is 35.0 Å². The Kier molecular flexibility index (Phi) is 12.0. The second-order valence-corrected chi connectivity index (χ2v) is 17.5. The number of carbonyl (C=O) groups excluding carboxylic acids is 2. The Balaban J connectivity index is 1.03. The van der Waals surface area contributed by atoms with E-state index < -0.39 is 7.26 Å². The Labute approximate surface area is 300 Å². The molecule has 258 valence electrons. The molecule has 0 spiro atoms. The Hall–Kier alpha value is -4.45. The van der Waals surface area contributed by atoms with E-state index in [4.69, 9.17) is 9.47 Å². The van der Waals surface area contributed by atoms with E-state index in [2.05, 4.69) is 119 Å². The zero-order valence-electron chi connectivity index (χ0n) is 28.6. The molecule has 6 rings (SSSR count). The van der Waals surface area contributed by atoms with Crippen molar-refractivity contribution in [1.82, 2.24) is 10.6 Å². The number of amides is 2. The monoisotopic (exact) mass is 705 g/mol. The van der Waals surface area contributed by atoms with Crippen LogP contribution >= 0.6 is 18.6 Å². The first-order valence-electron chi connectivity index (χ1n) is 17.5. The zero-order valence-corrected chi connectivity index (χ0v) is 30.3. The molecule has 1 aliphatic rings. The van der Waals surface area contributed by atoms with E-state index in [-0.39, 0.29) is 23.5 Å². The number of ether oxygens (including phenoxy) is 2. The molecule has 1 aliphatic carbocycles. The van der Waals surface area contributed by atoms with Gasteiger partial charge in [-0.05, 0) is 98.5 Å². The molecule has 1 fully saturated rings. The van der Waals surface area contributed by atoms with E-state index in [1.807, 2.05) is 12.1 Å². The van der Waals surface area contributed by atoms with Crippen LogP contribution in [0, 0.1) is 0 Å². The van der Waals surface area contributed by atoms with Crippen LogP contribution in [0.25, 0.3) is 0 Å². The van der Waals surface area contributed by atoms with E-state index in [1.54, 1.807) is 30.6 Å². The van der Waals surface area contributed by atoms with Crippen LogP contribution in [0.2, 0.25) is 0 Å². The van der Waals surface area contributed by atoms with Crippen molar-refractivity contribution in [1.29, 1.82) is 0 Å². The Bertz CT molecular complexity index is 1700. The first kappa shape index (κ1) is 35.4. The molecule has 0 radical (unpaired) electrons. The van der Waals surface area contributed by atoms with Gasteiger partial charge >= 0.3 is 6.09 Å². The van der Waals surface area contributed by atoms with Crippen LogP contribution in [0.5, 0.6) is 5.75 Å². The topological polar surface area (TPSA) is 76.7 Å². The van der Waals surface area contributed by atoms with Crippen molar-refractivity contribution in [3.05, 3.63) is 143 Å². The highest BCUT2D eigenvalue weighted by molar-refractivity contribution is 7.95. The van der Waals surface area contributed by atoms with Gasteiger partial charge in [0.05, 0.1) is 18.8 Å². The number of hydrogen-bond acceptors (Lipinski definition) is 5. The van der Waals surface area contributed by atoms with Gasteiger partial charge in [0.2, 0.25) is 0 Å². The molecule has 1 aromatic heterocycles. The van der Waals surface area contributed by atoms with Gasteiger partial charge in [-0.1, -0.05) is 72.8 Å². The number of para-hydroxylation sites is 1. The molecule has 1 heterocycles. The molecule has 2 N–H and O–H groups in total. The lowest BCUT2D eigenvalue weighted by Crippen LogP contribution is -2.44. The summed E-state index contributed by atoms with van der Waals surface area (Å²) in [5, 5.41) is 12.4. The van der Waals surface area contributed by atoms with Gasteiger partial charge < -0.3 is 20.1 Å². The van der Waals surface area contributed by atoms with Crippen LogP contribution in [0.3, 0.4) is 0 Å². The third-order valence-electron chi connectivity index (χ3n) is 9.93. The van der Waals surface area contributed by atoms with Gasteiger partial charge in [-0.15, -0.1) is 11.3 Å². The lowest BCUT2D eigenvalue weighted by Gasteiger charge is -2.39. The first-order valence-corrected chi connectivity index (χ1v) is 20.3. The van der Waals surface area contributed by atoms with E-state index in [1.165, 1.54) is 20.8 Å². The standard InChI is InChI=1S/C42H45N2O4PS/c1-47-38-23-12-11-22-37(38)40(45)44-32-42(39-24-15-31-50-39)27-25-33(26-28-42)48-41(46)43-29-13-14-30-49(34-16-5-2-6-17-34,35-18-7-3-8-19-35)36-20-9-4-10-21-36/h2-12,15-24,31,33H,13-14,25-30,32H2,1H3,(H-,43,44,45,46)/p+1. The molecule has 4 aromatic carbocycles. The summed E-state index contributed by atoms with van der Waals surface area (Å²) in [5.41, 5.74) is 0.325. The Morgan fingerprint density at radius 1 is 0.740 bits per heavy atom. The van der Waals surface area contributed by atoms with E-state index >= 15 is 0 Å². The van der Waals surface area contributed by atoms with Crippen LogP contribution in [0.15, 0.2) is 133 Å². The highest BCUT2D eigenvalue weighted by Crippen LogP contribution is 2.55. The molecule has 2 amide bonds. The molecule has 1 saturated carbocycles. The summed E-state index contributed by atoms with van der Waals surface area (Å²) < 4.78 is 11.3. The average molecular weight is 706 g/mol. The van der Waals surface area contributed by atoms with E-state index in [0.717, 1.165) is 44.7 Å². The highest BCUT2D eigenvalue weighted by Gasteiger charge is 2.44. The molecule has 0 aliphatic heterocycles. The highest BCUT2D eigenvalue weighted by atomic mass is 32.1. The van der Waals surface area contributed by atoms with Crippen LogP contribution in [-0.4, -0.2) is 44.5 Å². The molecule has 50 heavy (non-hydrogen) atoms. The number of hydrogen-bond donors (Lipinski definition) is 2. The van der Waals surface area contributed by atoms with Gasteiger partial charge in [-0.2, -0.15) is 0 Å². The number of carbonyl (C=O) groups is 2. The zero-order chi connectivity index (χ0) is 34.7. The molecule has 0 unspecified atom stereocenters. The van der Waals surface area contributed by atoms with Gasteiger partial charge in [0.25, 0.3) is 5.91 Å². The number of alkyl carbamates (subject to hydrolysis) is 1. The maximum absolute atomic E-state index is 13.1. The van der Waals surface area contributed by atoms with Crippen molar-refractivity contribution in [3.8, 4) is 5.75 Å². The molecule has 8 heteroatoms. The van der Waals surface area contributed by atoms with Gasteiger partial charge in [-0.25, -0.2) is 4.79 Å². The normalized spacial score (nSPS) is 17.4. The van der Waals surface area contributed by atoms with Crippen LogP contribution in [-0.2, 0) is 10.2 Å². The van der Waals surface area contributed by atoms with Gasteiger partial charge in [0, 0.05) is 23.4 Å². The van der Waals surface area contributed by atoms with Crippen molar-refractivity contribution in [2.75, 3.05) is 26.4 Å². The number of rotatable bonds is 14. The largest absolute Gasteiger partial charge is 0.496 e. The van der Waals surface area contributed by atoms with Crippen molar-refractivity contribution >= 4 is 46.5 Å². The van der Waals surface area contributed by atoms with Crippen LogP contribution in [0.4, 0.5) is 4.79 Å². The van der Waals surface area contributed by atoms with Crippen molar-refractivity contribution in [2.45, 2.75) is 50.0 Å². The summed E-state index contributed by atoms with van der Waals surface area (Å²) in [6.07, 6.45) is 5.48. The van der Waals surface area contributed by atoms with Crippen molar-refractivity contribution in [3.63, 3.8) is 0 Å². The van der Waals surface area contributed by atoms with Gasteiger partial charge in [-0.3, -0.25) is 4.79 Å². The Morgan fingerprint density at radius 3 is 1.88 bits per heavy atom. The quantitative estimate of drug-likeness (QED) is 0.0912. The summed E-state index contributed by atoms with van der Waals surface area (Å²) >= 11 is 1.72. The Morgan fingerprint density at radius 2 is 1.32 bits per heavy atom. The molecular weight excluding hydrogens is 660 g/mol. The molecule has 5 aromatic rings. The molecule has 0 atom stereocenters. The second-order valence-electron chi connectivity index (χ2n) is 12.9. The molecule has 0 bridgehead atoms. The molecular formula is C42H46N2O4PS+. The third-order valence-corrected chi connectivity index (χ3v) is 15.6. The third kappa shape index (κ3) is 8.12. The number of nitrogens with one attached hydrogen (secondary N) is 2. The van der Waals surface area contributed by atoms with Crippen LogP contribution < -0.4 is 31.3 Å². The smallest absolute Gasteiger partial charge is 0.407 e. The second kappa shape index (κ2) is 17.0. The minimum Gasteiger partial charge on any atom is -0.496 e. The number of benzene rings is 4. The summed E-state index contributed by atoms with van der Waals surface area (Å²) in [7, 11) is -0.313. The van der Waals surface area contributed by atoms with E-state index in [9.17, 15) is 9.59 Å². The summed E-state index contributed by atoms with van der Waals surface area (Å²) in [4.78, 5) is 27.4. The number of unbranched alkanes of at least 4 members (excludes halogenated alkanes) is 1. The summed E-state index contributed by atoms with van der Waals surface area (Å²) in [6, 6.07) is 44.2. The number of methoxy groups -OCH3 is 1. The maximum Gasteiger partial charge on any atom is 0.407 e. The fourth-order valence-electron chi connectivity index (χ4n) is 7.27. The van der Waals surface area contributed by atoms with Crippen molar-refractivity contribution in [2.24, 2.45) is 0 Å². The SMILES string of the molecule is COc1ccccc1C(=O)NCC1(c2cccs2)CCC(OC(=O)NCCCC[P+](c2ccccc2)(c2ccccc2)c2ccccc2)CC1. The van der Waals surface area contributed by atoms with E-state index in [0.29, 0.717) is 24.4 Å². The predicted molar refractivity (Wildman–Crippen MR) is 207 cm³/mol. The first-order chi connectivity index (χ1) is 24.5. The fourth-order valence-corrected chi connectivity index (χ4v) is 12.7. The molecule has 6 nitrogen and oxygen atoms in total. The minimum absolute atomic E-state index is 0.146. The minimum atomic E-state index is -1.89. The summed E-state index contributed by atoms with van der Waals surface area (Å²) in [6.45, 7) is 1.08. The van der Waals surface area contributed by atoms with Crippen LogP contribution in [0.1, 0.15) is 53.8 Å². The average Bonchev–Trinajstić information content (AvgIpc) is 3.73. The fraction of sp³-hybridized carbons (Fsp3) is 0.286. The van der Waals surface area contributed by atoms with Crippen molar-refractivity contribution < 1.29 is 19.1 Å². The summed E-state index contributed by atoms with van der Waals surface area (Å²) in [5.74, 6) is 0.412. The maximum atomic E-state index is 13.1. The number of thiophene rings is 1.